The van der Waals surface area contributed by atoms with Crippen molar-refractivity contribution in [2.45, 2.75) is 33.7 Å². The molecule has 0 saturated heterocycles. The normalized spacial score (nSPS) is 15.3. The average molecular weight is 268 g/mol. The fraction of sp³-hybridized carbons (Fsp3) is 0.733. The molecule has 0 aliphatic rings. The number of thiophene rings is 1. The van der Waals surface area contributed by atoms with E-state index in [1.807, 2.05) is 11.3 Å². The molecule has 104 valence electrons. The summed E-state index contributed by atoms with van der Waals surface area (Å²) in [5.41, 5.74) is 0. The number of hydrogen-bond donors (Lipinski definition) is 1. The molecule has 1 rings (SSSR count). The van der Waals surface area contributed by atoms with Gasteiger partial charge in [0.05, 0.1) is 0 Å². The smallest absolute Gasteiger partial charge is 0.0410 e. The van der Waals surface area contributed by atoms with Crippen LogP contribution in [-0.2, 0) is 0 Å². The zero-order valence-corrected chi connectivity index (χ0v) is 13.3. The Balaban J connectivity index is 2.28. The predicted molar refractivity (Wildman–Crippen MR) is 82.2 cm³/mol. The van der Waals surface area contributed by atoms with Gasteiger partial charge in [-0.2, -0.15) is 0 Å². The average Bonchev–Trinajstić information content (AvgIpc) is 2.80. The van der Waals surface area contributed by atoms with Gasteiger partial charge in [0, 0.05) is 17.5 Å². The molecule has 0 aliphatic heterocycles. The number of nitrogens with one attached hydrogen (secondary N) is 1. The van der Waals surface area contributed by atoms with E-state index >= 15 is 0 Å². The highest BCUT2D eigenvalue weighted by molar-refractivity contribution is 7.10. The van der Waals surface area contributed by atoms with Gasteiger partial charge in [-0.3, -0.25) is 4.90 Å². The first-order valence-electron chi connectivity index (χ1n) is 6.95. The van der Waals surface area contributed by atoms with Crippen molar-refractivity contribution >= 4 is 11.3 Å². The van der Waals surface area contributed by atoms with E-state index < -0.39 is 0 Å². The molecule has 0 amide bonds. The molecule has 1 heterocycles. The second-order valence-electron chi connectivity index (χ2n) is 5.79. The zero-order valence-electron chi connectivity index (χ0n) is 12.4. The van der Waals surface area contributed by atoms with Gasteiger partial charge < -0.3 is 5.32 Å². The van der Waals surface area contributed by atoms with E-state index in [9.17, 15) is 0 Å². The SMILES string of the molecule is CC(C)CNCC(C)CN(C)C(C)c1cccs1. The number of rotatable bonds is 8. The van der Waals surface area contributed by atoms with E-state index in [0.717, 1.165) is 25.6 Å². The number of hydrogen-bond acceptors (Lipinski definition) is 3. The Morgan fingerprint density at radius 2 is 1.94 bits per heavy atom. The molecule has 0 aromatic carbocycles. The molecule has 0 fully saturated rings. The minimum absolute atomic E-state index is 0.526. The summed E-state index contributed by atoms with van der Waals surface area (Å²) in [6.07, 6.45) is 0. The van der Waals surface area contributed by atoms with Crippen molar-refractivity contribution in [1.82, 2.24) is 10.2 Å². The van der Waals surface area contributed by atoms with Crippen LogP contribution in [0.25, 0.3) is 0 Å². The van der Waals surface area contributed by atoms with Gasteiger partial charge in [-0.25, -0.2) is 0 Å². The van der Waals surface area contributed by atoms with Crippen LogP contribution in [0.3, 0.4) is 0 Å². The van der Waals surface area contributed by atoms with Crippen molar-refractivity contribution in [2.24, 2.45) is 11.8 Å². The molecule has 2 unspecified atom stereocenters. The Bertz CT molecular complexity index is 308. The van der Waals surface area contributed by atoms with Crippen LogP contribution in [0.15, 0.2) is 17.5 Å². The fourth-order valence-corrected chi connectivity index (χ4v) is 2.93. The van der Waals surface area contributed by atoms with Crippen molar-refractivity contribution in [3.63, 3.8) is 0 Å². The maximum atomic E-state index is 3.54. The summed E-state index contributed by atoms with van der Waals surface area (Å²) in [7, 11) is 2.23. The molecule has 0 spiro atoms. The highest BCUT2D eigenvalue weighted by Gasteiger charge is 2.14. The lowest BCUT2D eigenvalue weighted by atomic mass is 10.1. The van der Waals surface area contributed by atoms with Gasteiger partial charge in [0.15, 0.2) is 0 Å². The lowest BCUT2D eigenvalue weighted by Crippen LogP contribution is -2.33. The lowest BCUT2D eigenvalue weighted by molar-refractivity contribution is 0.226. The van der Waals surface area contributed by atoms with Crippen molar-refractivity contribution in [2.75, 3.05) is 26.7 Å². The standard InChI is InChI=1S/C15H28N2S/c1-12(2)9-16-10-13(3)11-17(5)14(4)15-7-6-8-18-15/h6-8,12-14,16H,9-11H2,1-5H3. The largest absolute Gasteiger partial charge is 0.316 e. The summed E-state index contributed by atoms with van der Waals surface area (Å²) in [5.74, 6) is 1.43. The molecule has 18 heavy (non-hydrogen) atoms. The molecular formula is C15H28N2S. The van der Waals surface area contributed by atoms with Crippen LogP contribution in [0.4, 0.5) is 0 Å². The Morgan fingerprint density at radius 3 is 2.50 bits per heavy atom. The van der Waals surface area contributed by atoms with E-state index in [1.54, 1.807) is 0 Å². The van der Waals surface area contributed by atoms with Gasteiger partial charge >= 0.3 is 0 Å². The second kappa shape index (κ2) is 7.93. The summed E-state index contributed by atoms with van der Waals surface area (Å²) in [6.45, 7) is 12.5. The van der Waals surface area contributed by atoms with Crippen LogP contribution >= 0.6 is 11.3 Å². The van der Waals surface area contributed by atoms with Crippen LogP contribution < -0.4 is 5.32 Å². The molecule has 3 heteroatoms. The van der Waals surface area contributed by atoms with Gasteiger partial charge in [-0.05, 0) is 50.3 Å². The van der Waals surface area contributed by atoms with Crippen LogP contribution in [0, 0.1) is 11.8 Å². The minimum atomic E-state index is 0.526. The molecular weight excluding hydrogens is 240 g/mol. The summed E-state index contributed by atoms with van der Waals surface area (Å²) in [4.78, 5) is 3.91. The van der Waals surface area contributed by atoms with Gasteiger partial charge in [0.25, 0.3) is 0 Å². The zero-order chi connectivity index (χ0) is 13.5. The Morgan fingerprint density at radius 1 is 1.22 bits per heavy atom. The quantitative estimate of drug-likeness (QED) is 0.774. The number of nitrogens with zero attached hydrogens (tertiary/aromatic N) is 1. The predicted octanol–water partition coefficient (Wildman–Crippen LogP) is 3.62. The van der Waals surface area contributed by atoms with Gasteiger partial charge in [0.2, 0.25) is 0 Å². The monoisotopic (exact) mass is 268 g/mol. The third-order valence-electron chi connectivity index (χ3n) is 3.26. The Kier molecular flexibility index (Phi) is 6.90. The van der Waals surface area contributed by atoms with E-state index in [-0.39, 0.29) is 0 Å². The first-order valence-corrected chi connectivity index (χ1v) is 7.83. The first-order chi connectivity index (χ1) is 8.50. The summed E-state index contributed by atoms with van der Waals surface area (Å²) < 4.78 is 0. The first kappa shape index (κ1) is 15.7. The van der Waals surface area contributed by atoms with Crippen molar-refractivity contribution < 1.29 is 0 Å². The molecule has 2 atom stereocenters. The third-order valence-corrected chi connectivity index (χ3v) is 4.30. The molecule has 0 aliphatic carbocycles. The van der Waals surface area contributed by atoms with Gasteiger partial charge in [-0.15, -0.1) is 11.3 Å². The van der Waals surface area contributed by atoms with E-state index in [4.69, 9.17) is 0 Å². The Hall–Kier alpha value is -0.380. The van der Waals surface area contributed by atoms with E-state index in [1.165, 1.54) is 4.88 Å². The third kappa shape index (κ3) is 5.51. The van der Waals surface area contributed by atoms with Gasteiger partial charge in [0.1, 0.15) is 0 Å². The molecule has 1 N–H and O–H groups in total. The maximum Gasteiger partial charge on any atom is 0.0410 e. The van der Waals surface area contributed by atoms with Crippen LogP contribution in [0.2, 0.25) is 0 Å². The summed E-state index contributed by atoms with van der Waals surface area (Å²) in [6, 6.07) is 4.89. The molecule has 0 radical (unpaired) electrons. The van der Waals surface area contributed by atoms with Crippen molar-refractivity contribution in [3.05, 3.63) is 22.4 Å². The highest BCUT2D eigenvalue weighted by atomic mass is 32.1. The van der Waals surface area contributed by atoms with Crippen LogP contribution in [0.1, 0.15) is 38.6 Å². The Labute approximate surface area is 116 Å². The molecule has 1 aromatic rings. The van der Waals surface area contributed by atoms with Crippen LogP contribution in [0.5, 0.6) is 0 Å². The molecule has 1 aromatic heterocycles. The lowest BCUT2D eigenvalue weighted by Gasteiger charge is -2.27. The van der Waals surface area contributed by atoms with E-state index in [0.29, 0.717) is 12.0 Å². The van der Waals surface area contributed by atoms with E-state index in [2.05, 4.69) is 62.5 Å². The summed E-state index contributed by atoms with van der Waals surface area (Å²) >= 11 is 1.85. The maximum absolute atomic E-state index is 3.54. The van der Waals surface area contributed by atoms with Crippen molar-refractivity contribution in [3.8, 4) is 0 Å². The topological polar surface area (TPSA) is 15.3 Å². The molecule has 0 bridgehead atoms. The highest BCUT2D eigenvalue weighted by Crippen LogP contribution is 2.23. The molecule has 0 saturated carbocycles. The van der Waals surface area contributed by atoms with Gasteiger partial charge in [-0.1, -0.05) is 26.8 Å². The van der Waals surface area contributed by atoms with Crippen LogP contribution in [-0.4, -0.2) is 31.6 Å². The van der Waals surface area contributed by atoms with Crippen molar-refractivity contribution in [1.29, 1.82) is 0 Å². The minimum Gasteiger partial charge on any atom is -0.316 e. The molecule has 2 nitrogen and oxygen atoms in total. The fourth-order valence-electron chi connectivity index (χ4n) is 2.08. The summed E-state index contributed by atoms with van der Waals surface area (Å²) in [5, 5.41) is 5.70. The second-order valence-corrected chi connectivity index (χ2v) is 6.77.